The number of oxazole rings is 1. The summed E-state index contributed by atoms with van der Waals surface area (Å²) in [7, 11) is -0.633. The number of thioether (sulfide) groups is 1. The maximum Gasteiger partial charge on any atom is 0.256 e. The Morgan fingerprint density at radius 2 is 1.93 bits per heavy atom. The lowest BCUT2D eigenvalue weighted by Gasteiger charge is -2.10. The number of anilines is 1. The van der Waals surface area contributed by atoms with Crippen molar-refractivity contribution in [3.05, 3.63) is 48.3 Å². The molecule has 0 fully saturated rings. The molecule has 1 amide bonds. The van der Waals surface area contributed by atoms with E-state index in [2.05, 4.69) is 10.3 Å². The molecule has 28 heavy (non-hydrogen) atoms. The van der Waals surface area contributed by atoms with Crippen molar-refractivity contribution >= 4 is 44.5 Å². The average molecular weight is 423 g/mol. The zero-order valence-electron chi connectivity index (χ0n) is 15.2. The second-order valence-corrected chi connectivity index (χ2v) is 9.25. The molecule has 0 saturated carbocycles. The van der Waals surface area contributed by atoms with Crippen LogP contribution < -0.4 is 5.32 Å². The summed E-state index contributed by atoms with van der Waals surface area (Å²) in [5.41, 5.74) is 1.42. The van der Waals surface area contributed by atoms with Crippen LogP contribution in [0.4, 0.5) is 10.1 Å². The molecule has 0 atom stereocenters. The Kier molecular flexibility index (Phi) is 6.01. The van der Waals surface area contributed by atoms with Gasteiger partial charge in [0.15, 0.2) is 5.58 Å². The number of rotatable bonds is 7. The third kappa shape index (κ3) is 4.70. The van der Waals surface area contributed by atoms with Crippen LogP contribution in [-0.2, 0) is 14.8 Å². The molecule has 0 radical (unpaired) electrons. The average Bonchev–Trinajstić information content (AvgIpc) is 3.05. The van der Waals surface area contributed by atoms with E-state index in [1.807, 2.05) is 0 Å². The first kappa shape index (κ1) is 20.3. The maximum atomic E-state index is 12.9. The molecule has 148 valence electrons. The highest BCUT2D eigenvalue weighted by molar-refractivity contribution is 7.99. The Bertz CT molecular complexity index is 1100. The van der Waals surface area contributed by atoms with Gasteiger partial charge in [-0.1, -0.05) is 11.8 Å². The van der Waals surface area contributed by atoms with Gasteiger partial charge in [-0.15, -0.1) is 0 Å². The molecule has 3 rings (SSSR count). The number of nitrogens with one attached hydrogen (secondary N) is 1. The molecule has 0 unspecified atom stereocenters. The quantitative estimate of drug-likeness (QED) is 0.586. The van der Waals surface area contributed by atoms with Gasteiger partial charge in [0.2, 0.25) is 15.9 Å². The van der Waals surface area contributed by atoms with Crippen LogP contribution in [0.5, 0.6) is 0 Å². The van der Waals surface area contributed by atoms with Crippen LogP contribution in [0.25, 0.3) is 11.1 Å². The standard InChI is InChI=1S/C18H18FN3O4S2/c1-22(2)28(24,25)14-7-8-16-15(11-14)21-18(26-16)27-10-9-17(23)20-13-5-3-12(19)4-6-13/h3-8,11H,9-10H2,1-2H3,(H,20,23). The van der Waals surface area contributed by atoms with Crippen LogP contribution in [0.2, 0.25) is 0 Å². The molecule has 0 aliphatic heterocycles. The number of amides is 1. The van der Waals surface area contributed by atoms with E-state index in [4.69, 9.17) is 4.42 Å². The highest BCUT2D eigenvalue weighted by atomic mass is 32.2. The summed E-state index contributed by atoms with van der Waals surface area (Å²) in [4.78, 5) is 16.3. The highest BCUT2D eigenvalue weighted by Crippen LogP contribution is 2.26. The summed E-state index contributed by atoms with van der Waals surface area (Å²) in [5.74, 6) is -0.163. The maximum absolute atomic E-state index is 12.9. The first-order valence-corrected chi connectivity index (χ1v) is 10.7. The zero-order valence-corrected chi connectivity index (χ0v) is 16.8. The summed E-state index contributed by atoms with van der Waals surface area (Å²) in [6, 6.07) is 10.00. The van der Waals surface area contributed by atoms with E-state index >= 15 is 0 Å². The van der Waals surface area contributed by atoms with Crippen LogP contribution in [0.1, 0.15) is 6.42 Å². The van der Waals surface area contributed by atoms with Gasteiger partial charge in [0.1, 0.15) is 11.3 Å². The fourth-order valence-electron chi connectivity index (χ4n) is 2.31. The van der Waals surface area contributed by atoms with Crippen LogP contribution in [0.3, 0.4) is 0 Å². The van der Waals surface area contributed by atoms with Crippen molar-refractivity contribution in [2.45, 2.75) is 16.5 Å². The van der Waals surface area contributed by atoms with Gasteiger partial charge in [-0.2, -0.15) is 0 Å². The Labute approximate surface area is 166 Å². The number of benzene rings is 2. The largest absolute Gasteiger partial charge is 0.431 e. The molecule has 2 aromatic carbocycles. The summed E-state index contributed by atoms with van der Waals surface area (Å²) >= 11 is 1.25. The number of fused-ring (bicyclic) bond motifs is 1. The number of carbonyl (C=O) groups excluding carboxylic acids is 1. The van der Waals surface area contributed by atoms with Crippen LogP contribution in [0, 0.1) is 5.82 Å². The van der Waals surface area contributed by atoms with Crippen LogP contribution in [-0.4, -0.2) is 43.5 Å². The highest BCUT2D eigenvalue weighted by Gasteiger charge is 2.19. The normalized spacial score (nSPS) is 11.9. The van der Waals surface area contributed by atoms with Crippen molar-refractivity contribution in [1.29, 1.82) is 0 Å². The minimum atomic E-state index is -3.55. The molecule has 0 bridgehead atoms. The minimum Gasteiger partial charge on any atom is -0.431 e. The number of carbonyl (C=O) groups is 1. The fourth-order valence-corrected chi connectivity index (χ4v) is 4.00. The van der Waals surface area contributed by atoms with Crippen molar-refractivity contribution in [3.63, 3.8) is 0 Å². The summed E-state index contributed by atoms with van der Waals surface area (Å²) in [6.45, 7) is 0. The molecule has 0 spiro atoms. The predicted octanol–water partition coefficient (Wildman–Crippen LogP) is 3.34. The zero-order chi connectivity index (χ0) is 20.3. The van der Waals surface area contributed by atoms with Gasteiger partial charge in [0.05, 0.1) is 4.90 Å². The van der Waals surface area contributed by atoms with Gasteiger partial charge in [-0.3, -0.25) is 4.79 Å². The third-order valence-corrected chi connectivity index (χ3v) is 6.44. The lowest BCUT2D eigenvalue weighted by Crippen LogP contribution is -2.22. The summed E-state index contributed by atoms with van der Waals surface area (Å²) in [6.07, 6.45) is 0.209. The predicted molar refractivity (Wildman–Crippen MR) is 105 cm³/mol. The molecule has 0 saturated heterocycles. The summed E-state index contributed by atoms with van der Waals surface area (Å²) < 4.78 is 44.0. The van der Waals surface area contributed by atoms with E-state index in [-0.39, 0.29) is 23.0 Å². The van der Waals surface area contributed by atoms with Crippen molar-refractivity contribution < 1.29 is 22.0 Å². The minimum absolute atomic E-state index is 0.133. The molecule has 10 heteroatoms. The van der Waals surface area contributed by atoms with Crippen molar-refractivity contribution in [2.75, 3.05) is 25.2 Å². The second kappa shape index (κ2) is 8.29. The van der Waals surface area contributed by atoms with E-state index in [1.54, 1.807) is 6.07 Å². The Balaban J connectivity index is 1.60. The molecule has 1 heterocycles. The SMILES string of the molecule is CN(C)S(=O)(=O)c1ccc2oc(SCCC(=O)Nc3ccc(F)cc3)nc2c1. The monoisotopic (exact) mass is 423 g/mol. The van der Waals surface area contributed by atoms with Crippen LogP contribution in [0.15, 0.2) is 57.0 Å². The summed E-state index contributed by atoms with van der Waals surface area (Å²) in [5, 5.41) is 3.03. The van der Waals surface area contributed by atoms with Gasteiger partial charge >= 0.3 is 0 Å². The number of nitrogens with zero attached hydrogens (tertiary/aromatic N) is 2. The first-order chi connectivity index (χ1) is 13.3. The van der Waals surface area contributed by atoms with Crippen molar-refractivity contribution in [1.82, 2.24) is 9.29 Å². The van der Waals surface area contributed by atoms with Gasteiger partial charge < -0.3 is 9.73 Å². The van der Waals surface area contributed by atoms with Gasteiger partial charge in [-0.05, 0) is 42.5 Å². The topological polar surface area (TPSA) is 92.5 Å². The molecular formula is C18H18FN3O4S2. The van der Waals surface area contributed by atoms with E-state index < -0.39 is 10.0 Å². The molecule has 0 aliphatic carbocycles. The van der Waals surface area contributed by atoms with Gasteiger partial charge in [-0.25, -0.2) is 22.1 Å². The molecule has 0 aliphatic rings. The van der Waals surface area contributed by atoms with Gasteiger partial charge in [0, 0.05) is 32.0 Å². The number of sulfonamides is 1. The Morgan fingerprint density at radius 1 is 1.21 bits per heavy atom. The molecular weight excluding hydrogens is 405 g/mol. The number of hydrogen-bond donors (Lipinski definition) is 1. The third-order valence-electron chi connectivity index (χ3n) is 3.80. The Hall–Kier alpha value is -2.43. The molecule has 7 nitrogen and oxygen atoms in total. The molecule has 1 aromatic heterocycles. The van der Waals surface area contributed by atoms with E-state index in [0.717, 1.165) is 4.31 Å². The lowest BCUT2D eigenvalue weighted by molar-refractivity contribution is -0.115. The van der Waals surface area contributed by atoms with E-state index in [0.29, 0.717) is 27.8 Å². The Morgan fingerprint density at radius 3 is 2.61 bits per heavy atom. The smallest absolute Gasteiger partial charge is 0.256 e. The van der Waals surface area contributed by atoms with Crippen molar-refractivity contribution in [3.8, 4) is 0 Å². The molecule has 3 aromatic rings. The van der Waals surface area contributed by atoms with Crippen molar-refractivity contribution in [2.24, 2.45) is 0 Å². The first-order valence-electron chi connectivity index (χ1n) is 8.27. The van der Waals surface area contributed by atoms with E-state index in [1.165, 1.54) is 62.3 Å². The second-order valence-electron chi connectivity index (χ2n) is 6.05. The van der Waals surface area contributed by atoms with E-state index in [9.17, 15) is 17.6 Å². The number of hydrogen-bond acceptors (Lipinski definition) is 6. The fraction of sp³-hybridized carbons (Fsp3) is 0.222. The van der Waals surface area contributed by atoms with Crippen LogP contribution >= 0.6 is 11.8 Å². The number of aromatic nitrogens is 1. The molecule has 1 N–H and O–H groups in total. The number of halogens is 1. The lowest BCUT2D eigenvalue weighted by atomic mass is 10.3. The van der Waals surface area contributed by atoms with Gasteiger partial charge in [0.25, 0.3) is 5.22 Å².